The molecule has 1 unspecified atom stereocenters. The highest BCUT2D eigenvalue weighted by atomic mass is 35.5. The quantitative estimate of drug-likeness (QED) is 0.866. The summed E-state index contributed by atoms with van der Waals surface area (Å²) in [7, 11) is 0. The van der Waals surface area contributed by atoms with Crippen molar-refractivity contribution in [1.29, 1.82) is 0 Å². The maximum atomic E-state index is 11.7. The normalized spacial score (nSPS) is 19.3. The molecule has 1 fully saturated rings. The van der Waals surface area contributed by atoms with Crippen molar-refractivity contribution in [3.05, 3.63) is 34.3 Å². The number of rotatable bonds is 3. The SMILES string of the molecule is CC1CC(=O)N(Cc2ccc(C(N)=S)cc2Cl)C1. The third-order valence-electron chi connectivity index (χ3n) is 3.11. The van der Waals surface area contributed by atoms with E-state index in [0.29, 0.717) is 28.9 Å². The molecule has 1 aromatic carbocycles. The Morgan fingerprint density at radius 1 is 1.61 bits per heavy atom. The number of carbonyl (C=O) groups is 1. The second kappa shape index (κ2) is 5.24. The van der Waals surface area contributed by atoms with Crippen LogP contribution in [0.1, 0.15) is 24.5 Å². The predicted octanol–water partition coefficient (Wildman–Crippen LogP) is 2.34. The van der Waals surface area contributed by atoms with Crippen molar-refractivity contribution in [1.82, 2.24) is 4.90 Å². The summed E-state index contributed by atoms with van der Waals surface area (Å²) in [5.74, 6) is 0.615. The Kier molecular flexibility index (Phi) is 3.88. The molecular formula is C13H15ClN2OS. The van der Waals surface area contributed by atoms with Gasteiger partial charge in [0.05, 0.1) is 0 Å². The van der Waals surface area contributed by atoms with Gasteiger partial charge in [-0.1, -0.05) is 42.9 Å². The third kappa shape index (κ3) is 2.82. The molecule has 2 N–H and O–H groups in total. The molecule has 0 aromatic heterocycles. The smallest absolute Gasteiger partial charge is 0.223 e. The van der Waals surface area contributed by atoms with Crippen LogP contribution in [0.5, 0.6) is 0 Å². The molecule has 1 amide bonds. The van der Waals surface area contributed by atoms with Crippen LogP contribution in [-0.2, 0) is 11.3 Å². The summed E-state index contributed by atoms with van der Waals surface area (Å²) < 4.78 is 0. The Morgan fingerprint density at radius 3 is 2.83 bits per heavy atom. The van der Waals surface area contributed by atoms with Crippen molar-refractivity contribution >= 4 is 34.7 Å². The summed E-state index contributed by atoms with van der Waals surface area (Å²) >= 11 is 11.1. The summed E-state index contributed by atoms with van der Waals surface area (Å²) in [4.78, 5) is 13.9. The van der Waals surface area contributed by atoms with E-state index in [4.69, 9.17) is 29.6 Å². The highest BCUT2D eigenvalue weighted by Gasteiger charge is 2.26. The first kappa shape index (κ1) is 13.3. The van der Waals surface area contributed by atoms with Gasteiger partial charge in [-0.25, -0.2) is 0 Å². The van der Waals surface area contributed by atoms with Gasteiger partial charge in [-0.05, 0) is 17.5 Å². The standard InChI is InChI=1S/C13H15ClN2OS/c1-8-4-12(17)16(6-8)7-10-3-2-9(13(15)18)5-11(10)14/h2-3,5,8H,4,6-7H2,1H3,(H2,15,18). The molecule has 18 heavy (non-hydrogen) atoms. The van der Waals surface area contributed by atoms with Crippen LogP contribution in [0, 0.1) is 5.92 Å². The molecular weight excluding hydrogens is 268 g/mol. The topological polar surface area (TPSA) is 46.3 Å². The van der Waals surface area contributed by atoms with Gasteiger partial charge in [0.1, 0.15) is 4.99 Å². The molecule has 0 saturated carbocycles. The lowest BCUT2D eigenvalue weighted by molar-refractivity contribution is -0.128. The molecule has 3 nitrogen and oxygen atoms in total. The Labute approximate surface area is 117 Å². The van der Waals surface area contributed by atoms with Crippen molar-refractivity contribution < 1.29 is 4.79 Å². The molecule has 1 aliphatic heterocycles. The lowest BCUT2D eigenvalue weighted by Gasteiger charge is -2.17. The first-order valence-corrected chi connectivity index (χ1v) is 6.62. The van der Waals surface area contributed by atoms with Gasteiger partial charge in [-0.3, -0.25) is 4.79 Å². The lowest BCUT2D eigenvalue weighted by atomic mass is 10.1. The van der Waals surface area contributed by atoms with Gasteiger partial charge in [0.15, 0.2) is 0 Å². The third-order valence-corrected chi connectivity index (χ3v) is 3.69. The Bertz CT molecular complexity index is 504. The average molecular weight is 283 g/mol. The van der Waals surface area contributed by atoms with Crippen LogP contribution in [0.15, 0.2) is 18.2 Å². The maximum Gasteiger partial charge on any atom is 0.223 e. The molecule has 0 aliphatic carbocycles. The Morgan fingerprint density at radius 2 is 2.33 bits per heavy atom. The minimum atomic E-state index is 0.192. The Balaban J connectivity index is 2.15. The highest BCUT2D eigenvalue weighted by molar-refractivity contribution is 7.80. The molecule has 0 bridgehead atoms. The van der Waals surface area contributed by atoms with Gasteiger partial charge in [0, 0.05) is 30.1 Å². The summed E-state index contributed by atoms with van der Waals surface area (Å²) in [5.41, 5.74) is 7.22. The fourth-order valence-corrected chi connectivity index (χ4v) is 2.52. The monoisotopic (exact) mass is 282 g/mol. The Hall–Kier alpha value is -1.13. The zero-order valence-corrected chi connectivity index (χ0v) is 11.7. The molecule has 1 heterocycles. The first-order valence-electron chi connectivity index (χ1n) is 5.83. The summed E-state index contributed by atoms with van der Waals surface area (Å²) in [6, 6.07) is 5.48. The molecule has 96 valence electrons. The van der Waals surface area contributed by atoms with Crippen molar-refractivity contribution in [3.8, 4) is 0 Å². The summed E-state index contributed by atoms with van der Waals surface area (Å²) in [6.45, 7) is 3.43. The number of nitrogens with two attached hydrogens (primary N) is 1. The van der Waals surface area contributed by atoms with Crippen LogP contribution in [0.25, 0.3) is 0 Å². The largest absolute Gasteiger partial charge is 0.389 e. The predicted molar refractivity (Wildman–Crippen MR) is 76.5 cm³/mol. The second-order valence-corrected chi connectivity index (χ2v) is 5.60. The molecule has 0 radical (unpaired) electrons. The number of benzene rings is 1. The van der Waals surface area contributed by atoms with Crippen molar-refractivity contribution in [2.24, 2.45) is 11.7 Å². The number of hydrogen-bond donors (Lipinski definition) is 1. The molecule has 5 heteroatoms. The number of likely N-dealkylation sites (tertiary alicyclic amines) is 1. The highest BCUT2D eigenvalue weighted by Crippen LogP contribution is 2.24. The van der Waals surface area contributed by atoms with Gasteiger partial charge in [-0.15, -0.1) is 0 Å². The van der Waals surface area contributed by atoms with E-state index in [0.717, 1.165) is 17.7 Å². The number of hydrogen-bond acceptors (Lipinski definition) is 2. The summed E-state index contributed by atoms with van der Waals surface area (Å²) in [6.07, 6.45) is 0.628. The van der Waals surface area contributed by atoms with E-state index in [-0.39, 0.29) is 5.91 Å². The summed E-state index contributed by atoms with van der Waals surface area (Å²) in [5, 5.41) is 0.604. The van der Waals surface area contributed by atoms with Gasteiger partial charge < -0.3 is 10.6 Å². The van der Waals surface area contributed by atoms with E-state index in [1.54, 1.807) is 6.07 Å². The number of carbonyl (C=O) groups excluding carboxylic acids is 1. The van der Waals surface area contributed by atoms with Crippen LogP contribution in [0.2, 0.25) is 5.02 Å². The minimum absolute atomic E-state index is 0.192. The number of thiocarbonyl (C=S) groups is 1. The molecule has 1 saturated heterocycles. The van der Waals surface area contributed by atoms with Crippen LogP contribution in [0.3, 0.4) is 0 Å². The molecule has 2 rings (SSSR count). The number of halogens is 1. The molecule has 1 aromatic rings. The fraction of sp³-hybridized carbons (Fsp3) is 0.385. The van der Waals surface area contributed by atoms with E-state index in [9.17, 15) is 4.79 Å². The van der Waals surface area contributed by atoms with Gasteiger partial charge >= 0.3 is 0 Å². The van der Waals surface area contributed by atoms with Crippen LogP contribution >= 0.6 is 23.8 Å². The van der Waals surface area contributed by atoms with E-state index >= 15 is 0 Å². The van der Waals surface area contributed by atoms with Crippen molar-refractivity contribution in [3.63, 3.8) is 0 Å². The van der Waals surface area contributed by atoms with E-state index in [1.165, 1.54) is 0 Å². The lowest BCUT2D eigenvalue weighted by Crippen LogP contribution is -2.24. The fourth-order valence-electron chi connectivity index (χ4n) is 2.16. The van der Waals surface area contributed by atoms with Gasteiger partial charge in [0.2, 0.25) is 5.91 Å². The molecule has 1 aliphatic rings. The zero-order chi connectivity index (χ0) is 13.3. The number of nitrogens with zero attached hydrogens (tertiary/aromatic N) is 1. The van der Waals surface area contributed by atoms with Crippen molar-refractivity contribution in [2.75, 3.05) is 6.54 Å². The number of amides is 1. The van der Waals surface area contributed by atoms with E-state index < -0.39 is 0 Å². The first-order chi connectivity index (χ1) is 8.47. The molecule has 0 spiro atoms. The zero-order valence-electron chi connectivity index (χ0n) is 10.1. The van der Waals surface area contributed by atoms with Crippen molar-refractivity contribution in [2.45, 2.75) is 19.9 Å². The van der Waals surface area contributed by atoms with Crippen LogP contribution in [0.4, 0.5) is 0 Å². The molecule has 1 atom stereocenters. The van der Waals surface area contributed by atoms with Crippen LogP contribution in [-0.4, -0.2) is 22.3 Å². The van der Waals surface area contributed by atoms with Crippen LogP contribution < -0.4 is 5.73 Å². The minimum Gasteiger partial charge on any atom is -0.389 e. The van der Waals surface area contributed by atoms with Gasteiger partial charge in [-0.2, -0.15) is 0 Å². The maximum absolute atomic E-state index is 11.7. The second-order valence-electron chi connectivity index (χ2n) is 4.75. The van der Waals surface area contributed by atoms with E-state index in [2.05, 4.69) is 6.92 Å². The van der Waals surface area contributed by atoms with Gasteiger partial charge in [0.25, 0.3) is 0 Å². The average Bonchev–Trinajstić information content (AvgIpc) is 2.60. The van der Waals surface area contributed by atoms with E-state index in [1.807, 2.05) is 17.0 Å².